The first-order valence-electron chi connectivity index (χ1n) is 6.13. The van der Waals surface area contributed by atoms with Gasteiger partial charge in [-0.15, -0.1) is 22.7 Å². The minimum Gasteiger partial charge on any atom is -0.383 e. The lowest BCUT2D eigenvalue weighted by molar-refractivity contribution is 0.182. The van der Waals surface area contributed by atoms with Crippen molar-refractivity contribution in [1.29, 1.82) is 0 Å². The topological polar surface area (TPSA) is 53.1 Å². The third-order valence-electron chi connectivity index (χ3n) is 3.10. The van der Waals surface area contributed by atoms with E-state index in [0.717, 1.165) is 15.0 Å². The number of aromatic nitrogens is 2. The summed E-state index contributed by atoms with van der Waals surface area (Å²) in [6.45, 7) is 1.32. The fourth-order valence-corrected chi connectivity index (χ4v) is 4.78. The van der Waals surface area contributed by atoms with E-state index in [2.05, 4.69) is 38.5 Å². The molecule has 4 nitrogen and oxygen atoms in total. The number of ether oxygens (including phenoxy) is 1. The molecule has 0 bridgehead atoms. The lowest BCUT2D eigenvalue weighted by Crippen LogP contribution is -2.18. The summed E-state index contributed by atoms with van der Waals surface area (Å²) >= 11 is 7.03. The largest absolute Gasteiger partial charge is 0.383 e. The van der Waals surface area contributed by atoms with Gasteiger partial charge in [-0.25, -0.2) is 0 Å². The first-order valence-corrected chi connectivity index (χ1v) is 8.62. The van der Waals surface area contributed by atoms with Gasteiger partial charge in [-0.05, 0) is 33.4 Å². The molecule has 0 aliphatic carbocycles. The summed E-state index contributed by atoms with van der Waals surface area (Å²) < 4.78 is 10.6. The Kier molecular flexibility index (Phi) is 4.23. The van der Waals surface area contributed by atoms with Gasteiger partial charge in [-0.2, -0.15) is 5.10 Å². The highest BCUT2D eigenvalue weighted by atomic mass is 79.9. The van der Waals surface area contributed by atoms with Crippen molar-refractivity contribution in [3.63, 3.8) is 0 Å². The Labute approximate surface area is 133 Å². The van der Waals surface area contributed by atoms with Crippen molar-refractivity contribution in [3.8, 4) is 0 Å². The molecule has 0 aromatic carbocycles. The predicted octanol–water partition coefficient (Wildman–Crippen LogP) is 3.62. The molecule has 1 unspecified atom stereocenters. The van der Waals surface area contributed by atoms with E-state index in [0.29, 0.717) is 13.2 Å². The minimum absolute atomic E-state index is 0.173. The van der Waals surface area contributed by atoms with Gasteiger partial charge in [0.2, 0.25) is 0 Å². The summed E-state index contributed by atoms with van der Waals surface area (Å²) in [7, 11) is 1.69. The first kappa shape index (κ1) is 14.2. The van der Waals surface area contributed by atoms with Crippen LogP contribution in [0.25, 0.3) is 9.40 Å². The molecule has 0 spiro atoms. The molecule has 3 rings (SSSR count). The number of thiophene rings is 2. The van der Waals surface area contributed by atoms with Crippen molar-refractivity contribution < 1.29 is 4.74 Å². The van der Waals surface area contributed by atoms with Crippen molar-refractivity contribution >= 4 is 48.0 Å². The SMILES string of the molecule is COCCn1ncc(Br)c1C(N)c1cc2sccc2s1. The maximum absolute atomic E-state index is 6.44. The zero-order valence-corrected chi connectivity index (χ0v) is 14.1. The average Bonchev–Trinajstić information content (AvgIpc) is 3.09. The highest BCUT2D eigenvalue weighted by molar-refractivity contribution is 9.10. The molecule has 3 heterocycles. The Morgan fingerprint density at radius 3 is 3.10 bits per heavy atom. The van der Waals surface area contributed by atoms with Crippen LogP contribution in [0.5, 0.6) is 0 Å². The predicted molar refractivity (Wildman–Crippen MR) is 87.5 cm³/mol. The van der Waals surface area contributed by atoms with Crippen LogP contribution in [0.1, 0.15) is 16.6 Å². The van der Waals surface area contributed by atoms with Crippen LogP contribution in [-0.4, -0.2) is 23.5 Å². The molecule has 0 aliphatic rings. The Balaban J connectivity index is 1.95. The number of hydrogen-bond acceptors (Lipinski definition) is 5. The summed E-state index contributed by atoms with van der Waals surface area (Å²) in [5.74, 6) is 0. The van der Waals surface area contributed by atoms with E-state index in [-0.39, 0.29) is 6.04 Å². The van der Waals surface area contributed by atoms with Crippen LogP contribution in [0.2, 0.25) is 0 Å². The maximum Gasteiger partial charge on any atom is 0.0829 e. The Hall–Kier alpha value is -0.730. The molecule has 0 saturated carbocycles. The Bertz CT molecular complexity index is 690. The van der Waals surface area contributed by atoms with Crippen molar-refractivity contribution in [1.82, 2.24) is 9.78 Å². The molecule has 1 atom stereocenters. The van der Waals surface area contributed by atoms with Crippen molar-refractivity contribution in [3.05, 3.63) is 38.8 Å². The summed E-state index contributed by atoms with van der Waals surface area (Å²) in [5, 5.41) is 6.46. The second-order valence-corrected chi connectivity index (χ2v) is 7.29. The molecule has 2 N–H and O–H groups in total. The van der Waals surface area contributed by atoms with E-state index in [4.69, 9.17) is 10.5 Å². The molecule has 3 aromatic heterocycles. The standard InChI is InChI=1S/C13H14BrN3OS2/c1-18-4-3-17-13(8(14)7-16-17)12(15)11-6-10-9(20-11)2-5-19-10/h2,5-7,12H,3-4,15H2,1H3. The quantitative estimate of drug-likeness (QED) is 0.744. The number of fused-ring (bicyclic) bond motifs is 1. The van der Waals surface area contributed by atoms with E-state index in [1.165, 1.54) is 9.40 Å². The van der Waals surface area contributed by atoms with E-state index in [1.54, 1.807) is 36.0 Å². The highest BCUT2D eigenvalue weighted by Crippen LogP contribution is 2.36. The fourth-order valence-electron chi connectivity index (χ4n) is 2.11. The number of methoxy groups -OCH3 is 1. The summed E-state index contributed by atoms with van der Waals surface area (Å²) in [5.41, 5.74) is 7.44. The molecule has 0 aliphatic heterocycles. The van der Waals surface area contributed by atoms with Gasteiger partial charge in [0.1, 0.15) is 0 Å². The van der Waals surface area contributed by atoms with Gasteiger partial charge in [0.05, 0.1) is 35.6 Å². The molecule has 0 fully saturated rings. The molecule has 7 heteroatoms. The first-order chi connectivity index (χ1) is 9.70. The van der Waals surface area contributed by atoms with Crippen LogP contribution in [0.3, 0.4) is 0 Å². The maximum atomic E-state index is 6.44. The van der Waals surface area contributed by atoms with Gasteiger partial charge in [-0.1, -0.05) is 0 Å². The van der Waals surface area contributed by atoms with Crippen molar-refractivity contribution in [2.24, 2.45) is 5.73 Å². The van der Waals surface area contributed by atoms with Crippen molar-refractivity contribution in [2.75, 3.05) is 13.7 Å². The molecule has 0 saturated heterocycles. The number of hydrogen-bond donors (Lipinski definition) is 1. The van der Waals surface area contributed by atoms with Gasteiger partial charge in [-0.3, -0.25) is 4.68 Å². The van der Waals surface area contributed by atoms with Crippen molar-refractivity contribution in [2.45, 2.75) is 12.6 Å². The van der Waals surface area contributed by atoms with Crippen LogP contribution in [0, 0.1) is 0 Å². The molecule has 0 amide bonds. The van der Waals surface area contributed by atoms with E-state index in [1.807, 2.05) is 4.68 Å². The average molecular weight is 372 g/mol. The number of nitrogens with two attached hydrogens (primary N) is 1. The van der Waals surface area contributed by atoms with Gasteiger partial charge in [0.25, 0.3) is 0 Å². The summed E-state index contributed by atoms with van der Waals surface area (Å²) in [6.07, 6.45) is 1.79. The normalized spacial score (nSPS) is 13.2. The zero-order valence-electron chi connectivity index (χ0n) is 10.9. The molecule has 3 aromatic rings. The number of nitrogens with zero attached hydrogens (tertiary/aromatic N) is 2. The molecule has 106 valence electrons. The number of rotatable bonds is 5. The van der Waals surface area contributed by atoms with Gasteiger partial charge in [0.15, 0.2) is 0 Å². The summed E-state index contributed by atoms with van der Waals surface area (Å²) in [6, 6.07) is 4.14. The highest BCUT2D eigenvalue weighted by Gasteiger charge is 2.20. The Morgan fingerprint density at radius 1 is 1.50 bits per heavy atom. The van der Waals surface area contributed by atoms with Gasteiger partial charge < -0.3 is 10.5 Å². The van der Waals surface area contributed by atoms with Crippen LogP contribution in [0.15, 0.2) is 28.2 Å². The van der Waals surface area contributed by atoms with E-state index in [9.17, 15) is 0 Å². The number of halogens is 1. The van der Waals surface area contributed by atoms with E-state index >= 15 is 0 Å². The van der Waals surface area contributed by atoms with E-state index < -0.39 is 0 Å². The second-order valence-electron chi connectivity index (χ2n) is 4.37. The second kappa shape index (κ2) is 5.95. The molecular formula is C13H14BrN3OS2. The third-order valence-corrected chi connectivity index (χ3v) is 5.89. The monoisotopic (exact) mass is 371 g/mol. The van der Waals surface area contributed by atoms with Crippen LogP contribution < -0.4 is 5.73 Å². The van der Waals surface area contributed by atoms with Crippen LogP contribution >= 0.6 is 38.6 Å². The molecule has 20 heavy (non-hydrogen) atoms. The minimum atomic E-state index is -0.173. The summed E-state index contributed by atoms with van der Waals surface area (Å²) in [4.78, 5) is 1.16. The van der Waals surface area contributed by atoms with Crippen LogP contribution in [0.4, 0.5) is 0 Å². The van der Waals surface area contributed by atoms with Gasteiger partial charge >= 0.3 is 0 Å². The zero-order chi connectivity index (χ0) is 14.1. The smallest absolute Gasteiger partial charge is 0.0829 e. The lowest BCUT2D eigenvalue weighted by Gasteiger charge is -2.13. The Morgan fingerprint density at radius 2 is 2.35 bits per heavy atom. The van der Waals surface area contributed by atoms with Crippen LogP contribution in [-0.2, 0) is 11.3 Å². The van der Waals surface area contributed by atoms with Gasteiger partial charge in [0, 0.05) is 21.4 Å². The molecule has 0 radical (unpaired) electrons. The lowest BCUT2D eigenvalue weighted by atomic mass is 10.2. The fraction of sp³-hybridized carbons (Fsp3) is 0.308. The third kappa shape index (κ3) is 2.56. The molecular weight excluding hydrogens is 358 g/mol.